The van der Waals surface area contributed by atoms with E-state index >= 15 is 0 Å². The number of nitrogen functional groups attached to an aromatic ring is 1. The second-order valence-electron chi connectivity index (χ2n) is 20.5. The number of unbranched alkanes of at least 4 members (excludes halogenated alkanes) is 25. The number of aliphatic hydroxyl groups is 2. The van der Waals surface area contributed by atoms with Crippen molar-refractivity contribution in [2.45, 2.75) is 264 Å². The highest BCUT2D eigenvalue weighted by atomic mass is 31.3. The second-order valence-corrected chi connectivity index (χ2v) is 23.6. The minimum absolute atomic E-state index is 0.0553. The van der Waals surface area contributed by atoms with E-state index in [0.29, 0.717) is 12.8 Å². The van der Waals surface area contributed by atoms with Crippen molar-refractivity contribution < 1.29 is 66.3 Å². The van der Waals surface area contributed by atoms with E-state index < -0.39 is 83.7 Å². The largest absolute Gasteiger partial charge is 0.481 e. The molecule has 2 rings (SSSR count). The fourth-order valence-electron chi connectivity index (χ4n) is 8.71. The average Bonchev–Trinajstić information content (AvgIpc) is 3.60. The smallest absolute Gasteiger partial charge is 0.462 e. The molecule has 420 valence electrons. The first kappa shape index (κ1) is 65.9. The lowest BCUT2D eigenvalue weighted by Crippen LogP contribution is -2.36. The standard InChI is InChI=1S/C52H97N3O15P2/c1-5-43(4)34-30-26-22-18-14-12-10-8-6-7-9-11-13-15-19-23-27-31-35-47(56)65-39-44(68-48(57)36-32-28-24-20-16-17-21-25-29-33-42(2)3)40-66-71(61,62)70-72(63,64)67-41-45-49(58)50(59)51(69-45)55-38-37-46(53)54-52(55)60/h37-38,42-45,49-51,58-59H,5-36,39-41H2,1-4H3,(H,61,62)(H,63,64)(H2,53,54,60)/t43?,44-,45-,49+,50?,51-/m1/s1. The fraction of sp³-hybridized carbons (Fsp3) is 0.885. The Morgan fingerprint density at radius 3 is 1.58 bits per heavy atom. The molecule has 6 N–H and O–H groups in total. The van der Waals surface area contributed by atoms with Crippen LogP contribution in [0.4, 0.5) is 5.82 Å². The third kappa shape index (κ3) is 32.3. The van der Waals surface area contributed by atoms with Crippen LogP contribution >= 0.6 is 15.6 Å². The summed E-state index contributed by atoms with van der Waals surface area (Å²) in [5.74, 6) is 0.329. The number of ether oxygens (including phenoxy) is 3. The molecule has 1 aliphatic rings. The van der Waals surface area contributed by atoms with Gasteiger partial charge in [-0.15, -0.1) is 0 Å². The minimum Gasteiger partial charge on any atom is -0.462 e. The molecule has 1 aromatic rings. The van der Waals surface area contributed by atoms with Crippen molar-refractivity contribution in [3.63, 3.8) is 0 Å². The maximum Gasteiger partial charge on any atom is 0.481 e. The van der Waals surface area contributed by atoms with Gasteiger partial charge in [0, 0.05) is 19.0 Å². The Morgan fingerprint density at radius 1 is 0.667 bits per heavy atom. The number of carbonyl (C=O) groups excluding carboxylic acids is 2. The van der Waals surface area contributed by atoms with Gasteiger partial charge in [-0.1, -0.05) is 207 Å². The third-order valence-corrected chi connectivity index (χ3v) is 16.0. The van der Waals surface area contributed by atoms with E-state index in [9.17, 15) is 43.5 Å². The number of carbonyl (C=O) groups is 2. The van der Waals surface area contributed by atoms with E-state index in [1.54, 1.807) is 0 Å². The van der Waals surface area contributed by atoms with Crippen molar-refractivity contribution >= 4 is 33.4 Å². The van der Waals surface area contributed by atoms with Gasteiger partial charge in [0.05, 0.1) is 13.2 Å². The predicted octanol–water partition coefficient (Wildman–Crippen LogP) is 11.9. The molecule has 0 saturated carbocycles. The van der Waals surface area contributed by atoms with Crippen LogP contribution in [0.5, 0.6) is 0 Å². The lowest BCUT2D eigenvalue weighted by Gasteiger charge is -2.21. The van der Waals surface area contributed by atoms with Gasteiger partial charge in [-0.25, -0.2) is 13.9 Å². The molecule has 2 heterocycles. The molecule has 1 aliphatic heterocycles. The highest BCUT2D eigenvalue weighted by molar-refractivity contribution is 7.61. The SMILES string of the molecule is CCC(C)CCCCCCCCCCCCCCCCCCCCC(=O)OC[C@H](COP(=O)(O)OP(=O)(O)OC[C@H]1O[C@@H](n2ccc(N)nc2=O)C(O)[C@H]1O)OC(=O)CCCCCCCCCCCC(C)C. The maximum atomic E-state index is 12.9. The lowest BCUT2D eigenvalue weighted by molar-refractivity contribution is -0.161. The lowest BCUT2D eigenvalue weighted by atomic mass is 9.99. The average molecular weight is 1070 g/mol. The molecule has 0 amide bonds. The first-order valence-electron chi connectivity index (χ1n) is 27.8. The molecule has 4 unspecified atom stereocenters. The third-order valence-electron chi connectivity index (χ3n) is 13.4. The molecule has 0 spiro atoms. The van der Waals surface area contributed by atoms with Crippen molar-refractivity contribution in [1.82, 2.24) is 9.55 Å². The van der Waals surface area contributed by atoms with Crippen molar-refractivity contribution in [3.05, 3.63) is 22.7 Å². The van der Waals surface area contributed by atoms with Gasteiger partial charge in [0.2, 0.25) is 0 Å². The molecule has 8 atom stereocenters. The number of nitrogens with two attached hydrogens (primary N) is 1. The van der Waals surface area contributed by atoms with Gasteiger partial charge in [-0.3, -0.25) is 23.2 Å². The Morgan fingerprint density at radius 2 is 1.11 bits per heavy atom. The summed E-state index contributed by atoms with van der Waals surface area (Å²) >= 11 is 0. The normalized spacial score (nSPS) is 19.5. The maximum absolute atomic E-state index is 12.9. The number of phosphoric ester groups is 2. The first-order chi connectivity index (χ1) is 34.4. The highest BCUT2D eigenvalue weighted by Gasteiger charge is 2.46. The minimum atomic E-state index is -5.42. The molecule has 1 saturated heterocycles. The Kier molecular flexibility index (Phi) is 35.8. The van der Waals surface area contributed by atoms with Gasteiger partial charge >= 0.3 is 33.3 Å². The number of aliphatic hydroxyl groups excluding tert-OH is 2. The summed E-state index contributed by atoms with van der Waals surface area (Å²) in [6.45, 7) is 6.84. The number of phosphoric acid groups is 2. The zero-order valence-electron chi connectivity index (χ0n) is 44.6. The van der Waals surface area contributed by atoms with E-state index in [1.807, 2.05) is 0 Å². The predicted molar refractivity (Wildman–Crippen MR) is 280 cm³/mol. The molecule has 0 radical (unpaired) electrons. The van der Waals surface area contributed by atoms with Crippen LogP contribution in [-0.4, -0.2) is 85.7 Å². The topological polar surface area (TPSA) is 265 Å². The Hall–Kier alpha value is -2.24. The molecule has 1 fully saturated rings. The van der Waals surface area contributed by atoms with Crippen molar-refractivity contribution in [2.75, 3.05) is 25.6 Å². The first-order valence-corrected chi connectivity index (χ1v) is 30.8. The van der Waals surface area contributed by atoms with Crippen LogP contribution in [0.2, 0.25) is 0 Å². The quantitative estimate of drug-likeness (QED) is 0.0231. The van der Waals surface area contributed by atoms with Crippen molar-refractivity contribution in [1.29, 1.82) is 0 Å². The molecule has 0 bridgehead atoms. The summed E-state index contributed by atoms with van der Waals surface area (Å²) in [5.41, 5.74) is 4.60. The van der Waals surface area contributed by atoms with Crippen LogP contribution in [0.15, 0.2) is 17.1 Å². The van der Waals surface area contributed by atoms with Crippen LogP contribution in [0, 0.1) is 11.8 Å². The summed E-state index contributed by atoms with van der Waals surface area (Å²) < 4.78 is 56.9. The summed E-state index contributed by atoms with van der Waals surface area (Å²) in [6, 6.07) is 1.25. The number of anilines is 1. The number of hydrogen-bond acceptors (Lipinski definition) is 15. The van der Waals surface area contributed by atoms with Crippen LogP contribution < -0.4 is 11.4 Å². The molecular weight excluding hydrogens is 969 g/mol. The summed E-state index contributed by atoms with van der Waals surface area (Å²) in [5, 5.41) is 20.9. The van der Waals surface area contributed by atoms with Gasteiger partial charge in [0.25, 0.3) is 0 Å². The summed E-state index contributed by atoms with van der Waals surface area (Å²) in [6.07, 6.45) is 29.1. The monoisotopic (exact) mass is 1070 g/mol. The van der Waals surface area contributed by atoms with Crippen molar-refractivity contribution in [3.8, 4) is 0 Å². The highest BCUT2D eigenvalue weighted by Crippen LogP contribution is 2.60. The van der Waals surface area contributed by atoms with Crippen molar-refractivity contribution in [2.24, 2.45) is 11.8 Å². The Labute approximate surface area is 431 Å². The van der Waals surface area contributed by atoms with Gasteiger partial charge < -0.3 is 39.9 Å². The zero-order chi connectivity index (χ0) is 53.0. The van der Waals surface area contributed by atoms with Crippen LogP contribution in [0.1, 0.15) is 239 Å². The fourth-order valence-corrected chi connectivity index (χ4v) is 10.8. The Balaban J connectivity index is 1.72. The molecule has 72 heavy (non-hydrogen) atoms. The van der Waals surface area contributed by atoms with Gasteiger partial charge in [-0.05, 0) is 30.7 Å². The second kappa shape index (κ2) is 39.2. The number of rotatable bonds is 46. The van der Waals surface area contributed by atoms with E-state index in [2.05, 4.69) is 37.0 Å². The summed E-state index contributed by atoms with van der Waals surface area (Å²) in [4.78, 5) is 62.0. The molecular formula is C52H97N3O15P2. The summed E-state index contributed by atoms with van der Waals surface area (Å²) in [7, 11) is -10.8. The van der Waals surface area contributed by atoms with Crippen LogP contribution in [0.3, 0.4) is 0 Å². The van der Waals surface area contributed by atoms with E-state index in [-0.39, 0.29) is 18.7 Å². The van der Waals surface area contributed by atoms with Gasteiger partial charge in [0.15, 0.2) is 12.3 Å². The molecule has 0 aliphatic carbocycles. The van der Waals surface area contributed by atoms with E-state index in [4.69, 9.17) is 29.0 Å². The van der Waals surface area contributed by atoms with Gasteiger partial charge in [-0.2, -0.15) is 9.29 Å². The van der Waals surface area contributed by atoms with E-state index in [1.165, 1.54) is 147 Å². The Bertz CT molecular complexity index is 1740. The number of aromatic nitrogens is 2. The number of esters is 2. The number of nitrogens with zero attached hydrogens (tertiary/aromatic N) is 2. The zero-order valence-corrected chi connectivity index (χ0v) is 46.4. The molecule has 1 aromatic heterocycles. The molecule has 20 heteroatoms. The molecule has 18 nitrogen and oxygen atoms in total. The van der Waals surface area contributed by atoms with Crippen LogP contribution in [-0.2, 0) is 46.3 Å². The molecule has 0 aromatic carbocycles. The number of hydrogen-bond donors (Lipinski definition) is 5. The van der Waals surface area contributed by atoms with Crippen LogP contribution in [0.25, 0.3) is 0 Å². The van der Waals surface area contributed by atoms with Gasteiger partial charge in [0.1, 0.15) is 30.7 Å². The van der Waals surface area contributed by atoms with E-state index in [0.717, 1.165) is 61.3 Å².